The zero-order valence-corrected chi connectivity index (χ0v) is 16.5. The van der Waals surface area contributed by atoms with Crippen molar-refractivity contribution < 1.29 is 14.3 Å². The maximum absolute atomic E-state index is 12.3. The summed E-state index contributed by atoms with van der Waals surface area (Å²) in [7, 11) is 0. The molecule has 0 aliphatic rings. The zero-order chi connectivity index (χ0) is 18.3. The lowest BCUT2D eigenvalue weighted by molar-refractivity contribution is -0.160. The van der Waals surface area contributed by atoms with E-state index in [4.69, 9.17) is 21.1 Å². The molecule has 136 valence electrons. The molecule has 0 heterocycles. The standard InChI is InChI=1S/C20H31ClO3/c1-7-16(8-2)19(24-18-12-10-9-11-17(18)21)15(6)23-20(22)14(5)13(3)4/h9-16,19H,7-8H2,1-6H3/t14-,15-,19-/m0/s1. The highest BCUT2D eigenvalue weighted by Crippen LogP contribution is 2.29. The van der Waals surface area contributed by atoms with Crippen LogP contribution >= 0.6 is 11.6 Å². The Labute approximate surface area is 151 Å². The summed E-state index contributed by atoms with van der Waals surface area (Å²) >= 11 is 6.23. The summed E-state index contributed by atoms with van der Waals surface area (Å²) < 4.78 is 11.9. The Morgan fingerprint density at radius 1 is 1.08 bits per heavy atom. The van der Waals surface area contributed by atoms with E-state index in [1.54, 1.807) is 6.07 Å². The van der Waals surface area contributed by atoms with Crippen molar-refractivity contribution in [2.24, 2.45) is 17.8 Å². The predicted molar refractivity (Wildman–Crippen MR) is 99.5 cm³/mol. The first-order chi connectivity index (χ1) is 11.3. The van der Waals surface area contributed by atoms with E-state index < -0.39 is 0 Å². The molecule has 1 rings (SSSR count). The summed E-state index contributed by atoms with van der Waals surface area (Å²) in [6.07, 6.45) is 1.35. The monoisotopic (exact) mass is 354 g/mol. The lowest BCUT2D eigenvalue weighted by atomic mass is 9.92. The van der Waals surface area contributed by atoms with Crippen molar-refractivity contribution in [2.75, 3.05) is 0 Å². The number of halogens is 1. The highest BCUT2D eigenvalue weighted by molar-refractivity contribution is 6.32. The van der Waals surface area contributed by atoms with Gasteiger partial charge in [-0.15, -0.1) is 0 Å². The van der Waals surface area contributed by atoms with E-state index in [2.05, 4.69) is 13.8 Å². The number of hydrogen-bond donors (Lipinski definition) is 0. The fraction of sp³-hybridized carbons (Fsp3) is 0.650. The van der Waals surface area contributed by atoms with Crippen LogP contribution in [0.25, 0.3) is 0 Å². The second kappa shape index (κ2) is 9.93. The topological polar surface area (TPSA) is 35.5 Å². The van der Waals surface area contributed by atoms with Crippen molar-refractivity contribution in [2.45, 2.75) is 66.6 Å². The van der Waals surface area contributed by atoms with E-state index in [1.807, 2.05) is 45.9 Å². The molecule has 0 fully saturated rings. The van der Waals surface area contributed by atoms with Crippen LogP contribution in [-0.4, -0.2) is 18.2 Å². The number of carbonyl (C=O) groups excluding carboxylic acids is 1. The largest absolute Gasteiger partial charge is 0.485 e. The molecular weight excluding hydrogens is 324 g/mol. The molecule has 0 aliphatic heterocycles. The molecule has 0 bridgehead atoms. The summed E-state index contributed by atoms with van der Waals surface area (Å²) in [6, 6.07) is 7.42. The third-order valence-electron chi connectivity index (χ3n) is 4.75. The first-order valence-corrected chi connectivity index (χ1v) is 9.31. The summed E-state index contributed by atoms with van der Waals surface area (Å²) in [5.74, 6) is 0.876. The molecule has 1 aromatic carbocycles. The summed E-state index contributed by atoms with van der Waals surface area (Å²) in [5.41, 5.74) is 0. The molecule has 0 N–H and O–H groups in total. The summed E-state index contributed by atoms with van der Waals surface area (Å²) in [5, 5.41) is 0.572. The lowest BCUT2D eigenvalue weighted by Gasteiger charge is -2.32. The molecule has 0 unspecified atom stereocenters. The lowest BCUT2D eigenvalue weighted by Crippen LogP contribution is -2.40. The van der Waals surface area contributed by atoms with Crippen LogP contribution in [0.4, 0.5) is 0 Å². The minimum atomic E-state index is -0.333. The first kappa shape index (κ1) is 20.8. The Kier molecular flexibility index (Phi) is 8.61. The van der Waals surface area contributed by atoms with Gasteiger partial charge in [-0.2, -0.15) is 0 Å². The van der Waals surface area contributed by atoms with Gasteiger partial charge in [0.1, 0.15) is 18.0 Å². The van der Waals surface area contributed by atoms with Gasteiger partial charge in [-0.3, -0.25) is 4.79 Å². The van der Waals surface area contributed by atoms with E-state index in [-0.39, 0.29) is 30.0 Å². The molecule has 3 nitrogen and oxygen atoms in total. The van der Waals surface area contributed by atoms with Crippen LogP contribution in [0.3, 0.4) is 0 Å². The van der Waals surface area contributed by atoms with Crippen LogP contribution in [0.15, 0.2) is 24.3 Å². The molecule has 24 heavy (non-hydrogen) atoms. The van der Waals surface area contributed by atoms with E-state index >= 15 is 0 Å². The fourth-order valence-electron chi connectivity index (χ4n) is 2.65. The SMILES string of the molecule is CCC(CC)[C@@H](Oc1ccccc1Cl)[C@H](C)OC(=O)[C@@H](C)C(C)C. The molecule has 0 aliphatic carbocycles. The number of ether oxygens (including phenoxy) is 2. The zero-order valence-electron chi connectivity index (χ0n) is 15.7. The molecule has 0 radical (unpaired) electrons. The van der Waals surface area contributed by atoms with Crippen molar-refractivity contribution >= 4 is 17.6 Å². The van der Waals surface area contributed by atoms with Gasteiger partial charge in [-0.1, -0.05) is 58.4 Å². The molecular formula is C20H31ClO3. The summed E-state index contributed by atoms with van der Waals surface area (Å²) in [6.45, 7) is 12.1. The average molecular weight is 355 g/mol. The highest BCUT2D eigenvalue weighted by atomic mass is 35.5. The summed E-state index contributed by atoms with van der Waals surface area (Å²) in [4.78, 5) is 12.3. The third kappa shape index (κ3) is 5.70. The molecule has 0 saturated heterocycles. The Hall–Kier alpha value is -1.22. The number of esters is 1. The van der Waals surface area contributed by atoms with E-state index in [1.165, 1.54) is 0 Å². The van der Waals surface area contributed by atoms with E-state index in [0.29, 0.717) is 16.7 Å². The van der Waals surface area contributed by atoms with E-state index in [9.17, 15) is 4.79 Å². The number of carbonyl (C=O) groups is 1. The van der Waals surface area contributed by atoms with Gasteiger partial charge in [0.25, 0.3) is 0 Å². The number of benzene rings is 1. The van der Waals surface area contributed by atoms with Gasteiger partial charge in [-0.25, -0.2) is 0 Å². The van der Waals surface area contributed by atoms with Crippen molar-refractivity contribution in [1.82, 2.24) is 0 Å². The molecule has 4 heteroatoms. The predicted octanol–water partition coefficient (Wildman–Crippen LogP) is 5.75. The Balaban J connectivity index is 2.93. The maximum Gasteiger partial charge on any atom is 0.309 e. The minimum Gasteiger partial charge on any atom is -0.485 e. The van der Waals surface area contributed by atoms with Crippen molar-refractivity contribution in [1.29, 1.82) is 0 Å². The van der Waals surface area contributed by atoms with Gasteiger partial charge in [0.2, 0.25) is 0 Å². The van der Waals surface area contributed by atoms with Crippen LogP contribution < -0.4 is 4.74 Å². The molecule has 3 atom stereocenters. The van der Waals surface area contributed by atoms with Gasteiger partial charge < -0.3 is 9.47 Å². The molecule has 1 aromatic rings. The number of rotatable bonds is 9. The van der Waals surface area contributed by atoms with Crippen LogP contribution in [0.2, 0.25) is 5.02 Å². The smallest absolute Gasteiger partial charge is 0.309 e. The maximum atomic E-state index is 12.3. The van der Waals surface area contributed by atoms with Gasteiger partial charge in [-0.05, 0) is 43.7 Å². The second-order valence-corrected chi connectivity index (χ2v) is 7.17. The second-order valence-electron chi connectivity index (χ2n) is 6.76. The quantitative estimate of drug-likeness (QED) is 0.530. The first-order valence-electron chi connectivity index (χ1n) is 8.93. The Bertz CT molecular complexity index is 511. The van der Waals surface area contributed by atoms with Crippen LogP contribution in [0.1, 0.15) is 54.4 Å². The number of para-hydroxylation sites is 1. The van der Waals surface area contributed by atoms with Gasteiger partial charge in [0.05, 0.1) is 10.9 Å². The van der Waals surface area contributed by atoms with Crippen molar-refractivity contribution in [3.63, 3.8) is 0 Å². The van der Waals surface area contributed by atoms with Crippen LogP contribution in [0, 0.1) is 17.8 Å². The molecule has 0 spiro atoms. The van der Waals surface area contributed by atoms with Gasteiger partial charge >= 0.3 is 5.97 Å². The Morgan fingerprint density at radius 2 is 1.67 bits per heavy atom. The van der Waals surface area contributed by atoms with Crippen LogP contribution in [-0.2, 0) is 9.53 Å². The van der Waals surface area contributed by atoms with Gasteiger partial charge in [0, 0.05) is 0 Å². The van der Waals surface area contributed by atoms with E-state index in [0.717, 1.165) is 12.8 Å². The van der Waals surface area contributed by atoms with Crippen LogP contribution in [0.5, 0.6) is 5.75 Å². The Morgan fingerprint density at radius 3 is 2.17 bits per heavy atom. The number of hydrogen-bond acceptors (Lipinski definition) is 3. The fourth-order valence-corrected chi connectivity index (χ4v) is 2.83. The highest BCUT2D eigenvalue weighted by Gasteiger charge is 2.31. The van der Waals surface area contributed by atoms with Crippen molar-refractivity contribution in [3.8, 4) is 5.75 Å². The van der Waals surface area contributed by atoms with Gasteiger partial charge in [0.15, 0.2) is 0 Å². The average Bonchev–Trinajstić information content (AvgIpc) is 2.55. The molecule has 0 aromatic heterocycles. The molecule has 0 saturated carbocycles. The third-order valence-corrected chi connectivity index (χ3v) is 5.06. The molecule has 0 amide bonds. The van der Waals surface area contributed by atoms with Crippen molar-refractivity contribution in [3.05, 3.63) is 29.3 Å². The normalized spacial score (nSPS) is 15.2. The minimum absolute atomic E-state index is 0.130.